The molecular formula is C13H11NO2. The predicted molar refractivity (Wildman–Crippen MR) is 59.7 cm³/mol. The molecule has 0 aliphatic carbocycles. The van der Waals surface area contributed by atoms with Gasteiger partial charge < -0.3 is 9.94 Å². The molecule has 2 aromatic carbocycles. The molecule has 1 heterocycles. The molecule has 1 aliphatic heterocycles. The number of para-hydroxylation sites is 2. The van der Waals surface area contributed by atoms with Crippen LogP contribution in [0.1, 0.15) is 17.2 Å². The van der Waals surface area contributed by atoms with Crippen molar-refractivity contribution in [1.82, 2.24) is 5.48 Å². The van der Waals surface area contributed by atoms with Gasteiger partial charge in [-0.15, -0.1) is 0 Å². The van der Waals surface area contributed by atoms with Gasteiger partial charge >= 0.3 is 0 Å². The van der Waals surface area contributed by atoms with Gasteiger partial charge in [0.2, 0.25) is 0 Å². The number of benzene rings is 2. The fraction of sp³-hybridized carbons (Fsp3) is 0.0769. The van der Waals surface area contributed by atoms with Gasteiger partial charge in [0.15, 0.2) is 0 Å². The lowest BCUT2D eigenvalue weighted by molar-refractivity contribution is 0.136. The summed E-state index contributed by atoms with van der Waals surface area (Å²) >= 11 is 0. The van der Waals surface area contributed by atoms with E-state index in [-0.39, 0.29) is 6.04 Å². The molecule has 0 unspecified atom stereocenters. The first kappa shape index (κ1) is 9.39. The van der Waals surface area contributed by atoms with E-state index in [1.54, 1.807) is 0 Å². The van der Waals surface area contributed by atoms with E-state index in [1.165, 1.54) is 0 Å². The maximum atomic E-state index is 9.28. The Morgan fingerprint density at radius 1 is 0.875 bits per heavy atom. The van der Waals surface area contributed by atoms with E-state index >= 15 is 0 Å². The third kappa shape index (κ3) is 1.30. The van der Waals surface area contributed by atoms with Gasteiger partial charge in [-0.05, 0) is 12.1 Å². The lowest BCUT2D eigenvalue weighted by Gasteiger charge is -2.26. The molecule has 0 aromatic heterocycles. The van der Waals surface area contributed by atoms with E-state index in [2.05, 4.69) is 5.48 Å². The molecule has 0 saturated carbocycles. The van der Waals surface area contributed by atoms with E-state index in [1.807, 2.05) is 48.5 Å². The number of nitrogens with one attached hydrogen (secondary N) is 1. The Morgan fingerprint density at radius 3 is 1.88 bits per heavy atom. The predicted octanol–water partition coefficient (Wildman–Crippen LogP) is 2.86. The molecular weight excluding hydrogens is 202 g/mol. The van der Waals surface area contributed by atoms with Gasteiger partial charge in [-0.3, -0.25) is 0 Å². The summed E-state index contributed by atoms with van der Waals surface area (Å²) in [5, 5.41) is 9.28. The second-order valence-electron chi connectivity index (χ2n) is 3.74. The van der Waals surface area contributed by atoms with Crippen LogP contribution >= 0.6 is 0 Å². The summed E-state index contributed by atoms with van der Waals surface area (Å²) in [7, 11) is 0. The molecule has 0 fully saturated rings. The Bertz CT molecular complexity index is 479. The Labute approximate surface area is 93.3 Å². The summed E-state index contributed by atoms with van der Waals surface area (Å²) in [6.45, 7) is 0. The Kier molecular flexibility index (Phi) is 2.13. The average Bonchev–Trinajstić information content (AvgIpc) is 2.36. The molecule has 3 rings (SSSR count). The van der Waals surface area contributed by atoms with Crippen LogP contribution in [0.25, 0.3) is 0 Å². The van der Waals surface area contributed by atoms with Crippen LogP contribution in [0.2, 0.25) is 0 Å². The number of rotatable bonds is 1. The number of hydroxylamine groups is 1. The lowest BCUT2D eigenvalue weighted by atomic mass is 9.95. The number of ether oxygens (including phenoxy) is 1. The molecule has 3 heteroatoms. The van der Waals surface area contributed by atoms with Crippen LogP contribution in [0.5, 0.6) is 11.5 Å². The van der Waals surface area contributed by atoms with Crippen molar-refractivity contribution in [2.24, 2.45) is 0 Å². The lowest BCUT2D eigenvalue weighted by Crippen LogP contribution is -2.22. The zero-order chi connectivity index (χ0) is 11.0. The minimum Gasteiger partial charge on any atom is -0.457 e. The quantitative estimate of drug-likeness (QED) is 0.716. The van der Waals surface area contributed by atoms with Crippen molar-refractivity contribution in [3.05, 3.63) is 59.7 Å². The molecule has 1 aliphatic rings. The van der Waals surface area contributed by atoms with E-state index in [9.17, 15) is 5.21 Å². The first-order valence-corrected chi connectivity index (χ1v) is 5.15. The van der Waals surface area contributed by atoms with Gasteiger partial charge in [0.1, 0.15) is 11.5 Å². The summed E-state index contributed by atoms with van der Waals surface area (Å²) in [4.78, 5) is 0. The zero-order valence-electron chi connectivity index (χ0n) is 8.55. The van der Waals surface area contributed by atoms with Gasteiger partial charge in [0.25, 0.3) is 0 Å². The van der Waals surface area contributed by atoms with E-state index in [0.717, 1.165) is 22.6 Å². The van der Waals surface area contributed by atoms with Crippen molar-refractivity contribution in [1.29, 1.82) is 0 Å². The molecule has 0 spiro atoms. The number of hydrogen-bond acceptors (Lipinski definition) is 3. The first-order chi connectivity index (χ1) is 7.90. The second kappa shape index (κ2) is 3.63. The van der Waals surface area contributed by atoms with Crippen LogP contribution in [0, 0.1) is 0 Å². The monoisotopic (exact) mass is 213 g/mol. The van der Waals surface area contributed by atoms with E-state index in [0.29, 0.717) is 0 Å². The smallest absolute Gasteiger partial charge is 0.132 e. The van der Waals surface area contributed by atoms with Crippen molar-refractivity contribution < 1.29 is 9.94 Å². The van der Waals surface area contributed by atoms with Crippen molar-refractivity contribution in [3.8, 4) is 11.5 Å². The molecule has 0 saturated heterocycles. The molecule has 3 nitrogen and oxygen atoms in total. The zero-order valence-corrected chi connectivity index (χ0v) is 8.55. The van der Waals surface area contributed by atoms with E-state index < -0.39 is 0 Å². The molecule has 0 bridgehead atoms. The Balaban J connectivity index is 2.19. The highest BCUT2D eigenvalue weighted by Gasteiger charge is 2.25. The second-order valence-corrected chi connectivity index (χ2v) is 3.74. The van der Waals surface area contributed by atoms with Crippen LogP contribution < -0.4 is 10.2 Å². The minimum absolute atomic E-state index is 0.221. The van der Waals surface area contributed by atoms with Crippen molar-refractivity contribution in [2.75, 3.05) is 0 Å². The normalized spacial score (nSPS) is 13.8. The fourth-order valence-corrected chi connectivity index (χ4v) is 2.05. The van der Waals surface area contributed by atoms with Gasteiger partial charge in [-0.1, -0.05) is 36.4 Å². The van der Waals surface area contributed by atoms with Crippen molar-refractivity contribution in [2.45, 2.75) is 6.04 Å². The molecule has 0 radical (unpaired) electrons. The SMILES string of the molecule is ONC1c2ccccc2Oc2ccccc21. The van der Waals surface area contributed by atoms with Crippen LogP contribution in [0.15, 0.2) is 48.5 Å². The summed E-state index contributed by atoms with van der Waals surface area (Å²) in [6, 6.07) is 15.2. The van der Waals surface area contributed by atoms with Crippen LogP contribution in [-0.2, 0) is 0 Å². The van der Waals surface area contributed by atoms with Crippen LogP contribution in [0.4, 0.5) is 0 Å². The highest BCUT2D eigenvalue weighted by atomic mass is 16.5. The largest absolute Gasteiger partial charge is 0.457 e. The van der Waals surface area contributed by atoms with Gasteiger partial charge in [0.05, 0.1) is 6.04 Å². The molecule has 0 atom stereocenters. The molecule has 80 valence electrons. The molecule has 2 N–H and O–H groups in total. The number of fused-ring (bicyclic) bond motifs is 2. The minimum atomic E-state index is -0.221. The molecule has 0 amide bonds. The van der Waals surface area contributed by atoms with Gasteiger partial charge in [0, 0.05) is 11.1 Å². The Hall–Kier alpha value is -1.84. The fourth-order valence-electron chi connectivity index (χ4n) is 2.05. The third-order valence-electron chi connectivity index (χ3n) is 2.81. The summed E-state index contributed by atoms with van der Waals surface area (Å²) in [5.74, 6) is 1.57. The maximum absolute atomic E-state index is 9.28. The standard InChI is InChI=1S/C13H11NO2/c15-14-13-9-5-1-3-7-11(9)16-12-8-4-2-6-10(12)13/h1-8,13-15H. The van der Waals surface area contributed by atoms with Gasteiger partial charge in [-0.2, -0.15) is 5.48 Å². The summed E-state index contributed by atoms with van der Waals surface area (Å²) < 4.78 is 5.76. The third-order valence-corrected chi connectivity index (χ3v) is 2.81. The highest BCUT2D eigenvalue weighted by molar-refractivity contribution is 5.52. The van der Waals surface area contributed by atoms with Crippen molar-refractivity contribution >= 4 is 0 Å². The number of hydrogen-bond donors (Lipinski definition) is 2. The van der Waals surface area contributed by atoms with Crippen LogP contribution in [-0.4, -0.2) is 5.21 Å². The Morgan fingerprint density at radius 2 is 1.38 bits per heavy atom. The van der Waals surface area contributed by atoms with Gasteiger partial charge in [-0.25, -0.2) is 0 Å². The van der Waals surface area contributed by atoms with E-state index in [4.69, 9.17) is 4.74 Å². The first-order valence-electron chi connectivity index (χ1n) is 5.15. The molecule has 2 aromatic rings. The summed E-state index contributed by atoms with van der Waals surface area (Å²) in [6.07, 6.45) is 0. The average molecular weight is 213 g/mol. The topological polar surface area (TPSA) is 41.5 Å². The van der Waals surface area contributed by atoms with Crippen molar-refractivity contribution in [3.63, 3.8) is 0 Å². The maximum Gasteiger partial charge on any atom is 0.132 e. The summed E-state index contributed by atoms with van der Waals surface area (Å²) in [5.41, 5.74) is 4.23. The molecule has 16 heavy (non-hydrogen) atoms. The van der Waals surface area contributed by atoms with Crippen LogP contribution in [0.3, 0.4) is 0 Å². The highest BCUT2D eigenvalue weighted by Crippen LogP contribution is 2.41.